The van der Waals surface area contributed by atoms with E-state index in [-0.39, 0.29) is 0 Å². The summed E-state index contributed by atoms with van der Waals surface area (Å²) in [5.74, 6) is 0. The van der Waals surface area contributed by atoms with Gasteiger partial charge in [0.25, 0.3) is 0 Å². The smallest absolute Gasteiger partial charge is 0.119 e. The summed E-state index contributed by atoms with van der Waals surface area (Å²) in [7, 11) is 0. The maximum Gasteiger partial charge on any atom is 0.119 e. The van der Waals surface area contributed by atoms with E-state index in [1.54, 1.807) is 13.8 Å². The van der Waals surface area contributed by atoms with E-state index in [9.17, 15) is 5.11 Å². The lowest BCUT2D eigenvalue weighted by Crippen LogP contribution is -2.27. The summed E-state index contributed by atoms with van der Waals surface area (Å²) in [4.78, 5) is 3.63. The van der Waals surface area contributed by atoms with Crippen LogP contribution in [0.5, 0.6) is 0 Å². The Morgan fingerprint density at radius 2 is 2.13 bits per heavy atom. The summed E-state index contributed by atoms with van der Waals surface area (Å²) in [6.07, 6.45) is -0.625. The topological polar surface area (TPSA) is 33.1 Å². The Balaban J connectivity index is 2.53. The van der Waals surface area contributed by atoms with Gasteiger partial charge in [-0.2, -0.15) is 0 Å². The van der Waals surface area contributed by atoms with Gasteiger partial charge in [0.15, 0.2) is 0 Å². The highest BCUT2D eigenvalue weighted by Gasteiger charge is 2.32. The first-order chi connectivity index (χ1) is 7.01. The Labute approximate surface area is 97.5 Å². The molecule has 0 radical (unpaired) electrons. The van der Waals surface area contributed by atoms with Crippen LogP contribution in [0.15, 0.2) is 24.3 Å². The molecule has 0 spiro atoms. The number of hydrogen-bond donors (Lipinski definition) is 1. The molecule has 0 fully saturated rings. The van der Waals surface area contributed by atoms with Gasteiger partial charge in [0, 0.05) is 0 Å². The van der Waals surface area contributed by atoms with Crippen LogP contribution in [0.2, 0.25) is 0 Å². The van der Waals surface area contributed by atoms with Crippen molar-refractivity contribution in [3.63, 3.8) is 0 Å². The number of alkyl halides is 1. The van der Waals surface area contributed by atoms with Crippen LogP contribution in [0.25, 0.3) is 10.2 Å². The van der Waals surface area contributed by atoms with Crippen LogP contribution in [0.1, 0.15) is 18.9 Å². The van der Waals surface area contributed by atoms with E-state index >= 15 is 0 Å². The molecule has 0 amide bonds. The maximum atomic E-state index is 9.59. The van der Waals surface area contributed by atoms with E-state index in [1.807, 2.05) is 24.3 Å². The SMILES string of the molecule is C[C@@H](O)[C@](C)(Cl)c1nc2ccccc2s1. The molecular weight excluding hydrogens is 230 g/mol. The zero-order valence-electron chi connectivity index (χ0n) is 8.57. The third-order valence-corrected chi connectivity index (χ3v) is 4.38. The molecule has 1 heterocycles. The average Bonchev–Trinajstić information content (AvgIpc) is 2.61. The van der Waals surface area contributed by atoms with Gasteiger partial charge >= 0.3 is 0 Å². The Kier molecular flexibility index (Phi) is 2.71. The molecule has 80 valence electrons. The second-order valence-electron chi connectivity index (χ2n) is 3.74. The molecule has 0 saturated carbocycles. The molecule has 2 atom stereocenters. The van der Waals surface area contributed by atoms with Gasteiger partial charge in [0.2, 0.25) is 0 Å². The van der Waals surface area contributed by atoms with Crippen molar-refractivity contribution in [3.05, 3.63) is 29.3 Å². The highest BCUT2D eigenvalue weighted by atomic mass is 35.5. The van der Waals surface area contributed by atoms with Crippen molar-refractivity contribution >= 4 is 33.2 Å². The van der Waals surface area contributed by atoms with Crippen LogP contribution in [-0.2, 0) is 4.87 Å². The molecule has 15 heavy (non-hydrogen) atoms. The fourth-order valence-corrected chi connectivity index (χ4v) is 2.51. The third-order valence-electron chi connectivity index (χ3n) is 2.50. The van der Waals surface area contributed by atoms with E-state index in [0.717, 1.165) is 15.2 Å². The minimum atomic E-state index is -0.802. The molecule has 0 aliphatic carbocycles. The Hall–Kier alpha value is -0.640. The number of para-hydroxylation sites is 1. The van der Waals surface area contributed by atoms with Gasteiger partial charge in [-0.25, -0.2) is 4.98 Å². The van der Waals surface area contributed by atoms with Gasteiger partial charge in [-0.05, 0) is 26.0 Å². The van der Waals surface area contributed by atoms with Gasteiger partial charge in [-0.3, -0.25) is 0 Å². The maximum absolute atomic E-state index is 9.59. The molecule has 1 N–H and O–H groups in total. The van der Waals surface area contributed by atoms with Crippen molar-refractivity contribution < 1.29 is 5.11 Å². The number of hydrogen-bond acceptors (Lipinski definition) is 3. The Morgan fingerprint density at radius 3 is 2.73 bits per heavy atom. The second kappa shape index (κ2) is 3.74. The van der Waals surface area contributed by atoms with Crippen molar-refractivity contribution in [2.45, 2.75) is 24.8 Å². The summed E-state index contributed by atoms with van der Waals surface area (Å²) in [5, 5.41) is 10.4. The van der Waals surface area contributed by atoms with Gasteiger partial charge in [0.1, 0.15) is 9.88 Å². The fraction of sp³-hybridized carbons (Fsp3) is 0.364. The number of aliphatic hydroxyl groups excluding tert-OH is 1. The van der Waals surface area contributed by atoms with Gasteiger partial charge in [0.05, 0.1) is 16.3 Å². The molecule has 0 bridgehead atoms. The second-order valence-corrected chi connectivity index (χ2v) is 5.55. The first-order valence-electron chi connectivity index (χ1n) is 4.75. The summed E-state index contributed by atoms with van der Waals surface area (Å²) in [6, 6.07) is 7.87. The molecule has 0 aliphatic heterocycles. The number of aliphatic hydroxyl groups is 1. The minimum Gasteiger partial charge on any atom is -0.391 e. The molecule has 1 aromatic heterocycles. The first-order valence-corrected chi connectivity index (χ1v) is 5.94. The lowest BCUT2D eigenvalue weighted by molar-refractivity contribution is 0.150. The van der Waals surface area contributed by atoms with Crippen LogP contribution in [0.3, 0.4) is 0 Å². The molecule has 1 aromatic carbocycles. The quantitative estimate of drug-likeness (QED) is 0.820. The van der Waals surface area contributed by atoms with Crippen LogP contribution >= 0.6 is 22.9 Å². The van der Waals surface area contributed by atoms with E-state index in [0.29, 0.717) is 0 Å². The van der Waals surface area contributed by atoms with E-state index < -0.39 is 11.0 Å². The summed E-state index contributed by atoms with van der Waals surface area (Å²) >= 11 is 7.80. The number of thiazole rings is 1. The summed E-state index contributed by atoms with van der Waals surface area (Å²) in [6.45, 7) is 3.47. The number of aromatic nitrogens is 1. The number of fused-ring (bicyclic) bond motifs is 1. The molecule has 0 unspecified atom stereocenters. The number of rotatable bonds is 2. The molecule has 2 aromatic rings. The predicted octanol–water partition coefficient (Wildman–Crippen LogP) is 3.13. The molecule has 0 saturated heterocycles. The van der Waals surface area contributed by atoms with Gasteiger partial charge in [-0.15, -0.1) is 22.9 Å². The minimum absolute atomic E-state index is 0.625. The van der Waals surface area contributed by atoms with Crippen molar-refractivity contribution in [1.29, 1.82) is 0 Å². The van der Waals surface area contributed by atoms with E-state index in [1.165, 1.54) is 11.3 Å². The van der Waals surface area contributed by atoms with E-state index in [2.05, 4.69) is 4.98 Å². The zero-order chi connectivity index (χ0) is 11.1. The third kappa shape index (κ3) is 1.87. The highest BCUT2D eigenvalue weighted by molar-refractivity contribution is 7.18. The Bertz CT molecular complexity index is 445. The van der Waals surface area contributed by atoms with Crippen LogP contribution in [0.4, 0.5) is 0 Å². The highest BCUT2D eigenvalue weighted by Crippen LogP contribution is 2.37. The van der Waals surface area contributed by atoms with E-state index in [4.69, 9.17) is 11.6 Å². The average molecular weight is 242 g/mol. The monoisotopic (exact) mass is 241 g/mol. The largest absolute Gasteiger partial charge is 0.391 e. The predicted molar refractivity (Wildman–Crippen MR) is 64.5 cm³/mol. The van der Waals surface area contributed by atoms with Crippen molar-refractivity contribution in [2.75, 3.05) is 0 Å². The van der Waals surface area contributed by atoms with Crippen molar-refractivity contribution in [1.82, 2.24) is 4.98 Å². The molecular formula is C11H12ClNOS. The zero-order valence-corrected chi connectivity index (χ0v) is 10.1. The van der Waals surface area contributed by atoms with Crippen LogP contribution in [-0.4, -0.2) is 16.2 Å². The lowest BCUT2D eigenvalue weighted by atomic mass is 10.1. The number of nitrogens with zero attached hydrogens (tertiary/aromatic N) is 1. The number of benzene rings is 1. The normalized spacial score (nSPS) is 17.6. The molecule has 2 nitrogen and oxygen atoms in total. The fourth-order valence-electron chi connectivity index (χ4n) is 1.26. The van der Waals surface area contributed by atoms with Gasteiger partial charge in [-0.1, -0.05) is 12.1 Å². The lowest BCUT2D eigenvalue weighted by Gasteiger charge is -2.22. The van der Waals surface area contributed by atoms with Crippen molar-refractivity contribution in [3.8, 4) is 0 Å². The molecule has 2 rings (SSSR count). The number of halogens is 1. The van der Waals surface area contributed by atoms with Crippen molar-refractivity contribution in [2.24, 2.45) is 0 Å². The molecule has 0 aliphatic rings. The standard InChI is InChI=1S/C11H12ClNOS/c1-7(14)11(2,12)10-13-8-5-3-4-6-9(8)15-10/h3-7,14H,1-2H3/t7-,11+/m1/s1. The first kappa shape index (κ1) is 10.9. The Morgan fingerprint density at radius 1 is 1.47 bits per heavy atom. The van der Waals surface area contributed by atoms with Crippen LogP contribution < -0.4 is 0 Å². The van der Waals surface area contributed by atoms with Gasteiger partial charge < -0.3 is 5.11 Å². The molecule has 4 heteroatoms. The summed E-state index contributed by atoms with van der Waals surface area (Å²) < 4.78 is 1.10. The van der Waals surface area contributed by atoms with Crippen LogP contribution in [0, 0.1) is 0 Å². The summed E-state index contributed by atoms with van der Waals surface area (Å²) in [5.41, 5.74) is 0.935.